The molecule has 0 bridgehead atoms. The SMILES string of the molecule is CCCCC(C)C(=O)NC(CC(=O)O)c1ccc(OC)cc1OC. The molecule has 6 nitrogen and oxygen atoms in total. The van der Waals surface area contributed by atoms with Crippen LogP contribution < -0.4 is 14.8 Å². The number of benzene rings is 1. The van der Waals surface area contributed by atoms with Gasteiger partial charge in [-0.3, -0.25) is 9.59 Å². The Balaban J connectivity index is 3.00. The van der Waals surface area contributed by atoms with Crippen LogP contribution in [0.5, 0.6) is 11.5 Å². The number of hydrogen-bond acceptors (Lipinski definition) is 4. The third-order valence-corrected chi connectivity index (χ3v) is 3.95. The summed E-state index contributed by atoms with van der Waals surface area (Å²) in [6, 6.07) is 4.47. The fraction of sp³-hybridized carbons (Fsp3) is 0.556. The Morgan fingerprint density at radius 1 is 1.25 bits per heavy atom. The van der Waals surface area contributed by atoms with Crippen molar-refractivity contribution in [1.29, 1.82) is 0 Å². The van der Waals surface area contributed by atoms with Gasteiger partial charge in [0.2, 0.25) is 5.91 Å². The van der Waals surface area contributed by atoms with Gasteiger partial charge in [-0.25, -0.2) is 0 Å². The average molecular weight is 337 g/mol. The van der Waals surface area contributed by atoms with E-state index in [0.717, 1.165) is 19.3 Å². The number of carbonyl (C=O) groups is 2. The molecule has 2 atom stereocenters. The summed E-state index contributed by atoms with van der Waals surface area (Å²) in [5.74, 6) is -0.202. The Morgan fingerprint density at radius 3 is 2.50 bits per heavy atom. The van der Waals surface area contributed by atoms with Crippen molar-refractivity contribution in [1.82, 2.24) is 5.32 Å². The number of rotatable bonds is 10. The first-order valence-corrected chi connectivity index (χ1v) is 8.17. The molecule has 0 spiro atoms. The minimum absolute atomic E-state index is 0.146. The Morgan fingerprint density at radius 2 is 1.96 bits per heavy atom. The van der Waals surface area contributed by atoms with Gasteiger partial charge in [0.1, 0.15) is 11.5 Å². The highest BCUT2D eigenvalue weighted by molar-refractivity contribution is 5.80. The first-order valence-electron chi connectivity index (χ1n) is 8.17. The molecule has 0 aliphatic heterocycles. The predicted octanol–water partition coefficient (Wildman–Crippen LogP) is 3.16. The number of carboxylic acid groups (broad SMARTS) is 1. The van der Waals surface area contributed by atoms with Gasteiger partial charge in [0.15, 0.2) is 0 Å². The number of hydrogen-bond donors (Lipinski definition) is 2. The number of aliphatic carboxylic acids is 1. The lowest BCUT2D eigenvalue weighted by atomic mass is 9.99. The molecule has 24 heavy (non-hydrogen) atoms. The Bertz CT molecular complexity index is 558. The summed E-state index contributed by atoms with van der Waals surface area (Å²) in [6.07, 6.45) is 2.54. The van der Waals surface area contributed by atoms with Gasteiger partial charge < -0.3 is 19.9 Å². The molecular formula is C18H27NO5. The Labute approximate surface area is 143 Å². The lowest BCUT2D eigenvalue weighted by Gasteiger charge is -2.22. The van der Waals surface area contributed by atoms with Crippen LogP contribution in [0, 0.1) is 5.92 Å². The molecule has 0 aliphatic rings. The van der Waals surface area contributed by atoms with Crippen molar-refractivity contribution >= 4 is 11.9 Å². The van der Waals surface area contributed by atoms with Crippen molar-refractivity contribution in [3.63, 3.8) is 0 Å². The number of carboxylic acids is 1. The van der Waals surface area contributed by atoms with E-state index in [1.165, 1.54) is 7.11 Å². The number of amides is 1. The second-order valence-electron chi connectivity index (χ2n) is 5.81. The molecule has 0 heterocycles. The van der Waals surface area contributed by atoms with Crippen molar-refractivity contribution in [3.8, 4) is 11.5 Å². The third-order valence-electron chi connectivity index (χ3n) is 3.95. The molecule has 0 saturated heterocycles. The minimum atomic E-state index is -0.987. The molecule has 2 unspecified atom stereocenters. The van der Waals surface area contributed by atoms with Gasteiger partial charge in [-0.1, -0.05) is 26.7 Å². The molecular weight excluding hydrogens is 310 g/mol. The summed E-state index contributed by atoms with van der Waals surface area (Å²) in [5.41, 5.74) is 0.622. The summed E-state index contributed by atoms with van der Waals surface area (Å²) in [4.78, 5) is 23.6. The van der Waals surface area contributed by atoms with Crippen molar-refractivity contribution < 1.29 is 24.2 Å². The summed E-state index contributed by atoms with van der Waals surface area (Å²) in [7, 11) is 3.04. The zero-order valence-corrected chi connectivity index (χ0v) is 14.8. The van der Waals surface area contributed by atoms with Gasteiger partial charge in [-0.2, -0.15) is 0 Å². The predicted molar refractivity (Wildman–Crippen MR) is 91.4 cm³/mol. The standard InChI is InChI=1S/C18H27NO5/c1-5-6-7-12(2)18(22)19-15(11-17(20)21)14-9-8-13(23-3)10-16(14)24-4/h8-10,12,15H,5-7,11H2,1-4H3,(H,19,22)(H,20,21). The van der Waals surface area contributed by atoms with Gasteiger partial charge in [-0.05, 0) is 18.6 Å². The fourth-order valence-electron chi connectivity index (χ4n) is 2.48. The van der Waals surface area contributed by atoms with Crippen molar-refractivity contribution in [2.24, 2.45) is 5.92 Å². The number of methoxy groups -OCH3 is 2. The molecule has 1 aromatic carbocycles. The highest BCUT2D eigenvalue weighted by atomic mass is 16.5. The zero-order valence-electron chi connectivity index (χ0n) is 14.8. The topological polar surface area (TPSA) is 84.9 Å². The van der Waals surface area contributed by atoms with Gasteiger partial charge in [0, 0.05) is 17.5 Å². The molecule has 0 aliphatic carbocycles. The van der Waals surface area contributed by atoms with E-state index in [4.69, 9.17) is 9.47 Å². The first-order chi connectivity index (χ1) is 11.4. The summed E-state index contributed by atoms with van der Waals surface area (Å²) < 4.78 is 10.5. The van der Waals surface area contributed by atoms with E-state index in [2.05, 4.69) is 12.2 Å². The molecule has 134 valence electrons. The zero-order chi connectivity index (χ0) is 18.1. The number of unbranched alkanes of at least 4 members (excludes halogenated alkanes) is 1. The molecule has 0 saturated carbocycles. The summed E-state index contributed by atoms with van der Waals surface area (Å²) >= 11 is 0. The van der Waals surface area contributed by atoms with Gasteiger partial charge >= 0.3 is 5.97 Å². The quantitative estimate of drug-likeness (QED) is 0.685. The molecule has 6 heteroatoms. The van der Waals surface area contributed by atoms with Crippen LogP contribution in [0.25, 0.3) is 0 Å². The molecule has 1 aromatic rings. The highest BCUT2D eigenvalue weighted by Gasteiger charge is 2.24. The van der Waals surface area contributed by atoms with E-state index in [1.54, 1.807) is 25.3 Å². The number of ether oxygens (including phenoxy) is 2. The number of carbonyl (C=O) groups excluding carboxylic acids is 1. The highest BCUT2D eigenvalue weighted by Crippen LogP contribution is 2.31. The summed E-state index contributed by atoms with van der Waals surface area (Å²) in [5, 5.41) is 12.0. The van der Waals surface area contributed by atoms with Gasteiger partial charge in [0.25, 0.3) is 0 Å². The van der Waals surface area contributed by atoms with E-state index in [9.17, 15) is 14.7 Å². The third kappa shape index (κ3) is 5.76. The maximum Gasteiger partial charge on any atom is 0.305 e. The monoisotopic (exact) mass is 337 g/mol. The smallest absolute Gasteiger partial charge is 0.305 e. The van der Waals surface area contributed by atoms with Gasteiger partial charge in [0.05, 0.1) is 26.7 Å². The van der Waals surface area contributed by atoms with E-state index < -0.39 is 12.0 Å². The van der Waals surface area contributed by atoms with E-state index in [-0.39, 0.29) is 18.2 Å². The maximum absolute atomic E-state index is 12.4. The van der Waals surface area contributed by atoms with Crippen LogP contribution >= 0.6 is 0 Å². The largest absolute Gasteiger partial charge is 0.497 e. The van der Waals surface area contributed by atoms with Crippen LogP contribution in [0.2, 0.25) is 0 Å². The van der Waals surface area contributed by atoms with Crippen LogP contribution in [0.15, 0.2) is 18.2 Å². The first kappa shape index (κ1) is 19.8. The Kier molecular flexibility index (Phi) is 8.09. The van der Waals surface area contributed by atoms with E-state index in [1.807, 2.05) is 6.92 Å². The summed E-state index contributed by atoms with van der Waals surface area (Å²) in [6.45, 7) is 3.92. The van der Waals surface area contributed by atoms with E-state index >= 15 is 0 Å². The lowest BCUT2D eigenvalue weighted by Crippen LogP contribution is -2.34. The normalized spacial score (nSPS) is 13.0. The second-order valence-corrected chi connectivity index (χ2v) is 5.81. The second kappa shape index (κ2) is 9.80. The van der Waals surface area contributed by atoms with Crippen molar-refractivity contribution in [3.05, 3.63) is 23.8 Å². The van der Waals surface area contributed by atoms with Crippen molar-refractivity contribution in [2.75, 3.05) is 14.2 Å². The van der Waals surface area contributed by atoms with Crippen molar-refractivity contribution in [2.45, 2.75) is 45.6 Å². The minimum Gasteiger partial charge on any atom is -0.497 e. The molecule has 0 radical (unpaired) electrons. The van der Waals surface area contributed by atoms with Crippen LogP contribution in [0.1, 0.15) is 51.1 Å². The Hall–Kier alpha value is -2.24. The molecule has 0 fully saturated rings. The van der Waals surface area contributed by atoms with Crippen LogP contribution in [-0.4, -0.2) is 31.2 Å². The number of nitrogens with one attached hydrogen (secondary N) is 1. The average Bonchev–Trinajstić information content (AvgIpc) is 2.57. The van der Waals surface area contributed by atoms with Crippen LogP contribution in [0.4, 0.5) is 0 Å². The maximum atomic E-state index is 12.4. The van der Waals surface area contributed by atoms with Crippen LogP contribution in [0.3, 0.4) is 0 Å². The van der Waals surface area contributed by atoms with Gasteiger partial charge in [-0.15, -0.1) is 0 Å². The van der Waals surface area contributed by atoms with E-state index in [0.29, 0.717) is 17.1 Å². The molecule has 1 amide bonds. The fourth-order valence-corrected chi connectivity index (χ4v) is 2.48. The molecule has 0 aromatic heterocycles. The molecule has 2 N–H and O–H groups in total. The molecule has 1 rings (SSSR count). The van der Waals surface area contributed by atoms with Crippen LogP contribution in [-0.2, 0) is 9.59 Å². The lowest BCUT2D eigenvalue weighted by molar-refractivity contribution is -0.138.